The second-order valence-electron chi connectivity index (χ2n) is 5.84. The van der Waals surface area contributed by atoms with Crippen LogP contribution in [0.3, 0.4) is 0 Å². The molecule has 1 aliphatic rings. The second kappa shape index (κ2) is 8.23. The van der Waals surface area contributed by atoms with Crippen LogP contribution in [0.15, 0.2) is 39.4 Å². The number of amides is 1. The summed E-state index contributed by atoms with van der Waals surface area (Å²) in [6.45, 7) is 3.59. The first-order valence-corrected chi connectivity index (χ1v) is 9.81. The number of ether oxygens (including phenoxy) is 1. The lowest BCUT2D eigenvalue weighted by atomic mass is 10.2. The fraction of sp³-hybridized carbons (Fsp3) is 0.389. The molecule has 0 spiro atoms. The van der Waals surface area contributed by atoms with Crippen molar-refractivity contribution in [3.8, 4) is 0 Å². The fourth-order valence-corrected chi connectivity index (χ4v) is 4.29. The van der Waals surface area contributed by atoms with Gasteiger partial charge >= 0.3 is 0 Å². The van der Waals surface area contributed by atoms with Crippen molar-refractivity contribution in [1.82, 2.24) is 0 Å². The SMILES string of the molecule is Cc1cc(Br)oc1C(=O)Nc1cccc(CSC2CCOCC2)c1. The molecule has 6 heteroatoms. The molecule has 1 fully saturated rings. The van der Waals surface area contributed by atoms with E-state index in [0.717, 1.165) is 43.1 Å². The van der Waals surface area contributed by atoms with Crippen LogP contribution >= 0.6 is 27.7 Å². The predicted octanol–water partition coefficient (Wildman–Crippen LogP) is 5.02. The zero-order valence-electron chi connectivity index (χ0n) is 13.5. The average Bonchev–Trinajstić information content (AvgIpc) is 2.93. The monoisotopic (exact) mass is 409 g/mol. The van der Waals surface area contributed by atoms with Gasteiger partial charge in [0.05, 0.1) is 0 Å². The van der Waals surface area contributed by atoms with E-state index in [1.165, 1.54) is 5.56 Å². The number of thioether (sulfide) groups is 1. The van der Waals surface area contributed by atoms with Gasteiger partial charge in [0.2, 0.25) is 0 Å². The zero-order chi connectivity index (χ0) is 16.9. The average molecular weight is 410 g/mol. The summed E-state index contributed by atoms with van der Waals surface area (Å²) in [4.78, 5) is 12.3. The van der Waals surface area contributed by atoms with Gasteiger partial charge in [-0.1, -0.05) is 12.1 Å². The maximum atomic E-state index is 12.3. The molecule has 24 heavy (non-hydrogen) atoms. The highest BCUT2D eigenvalue weighted by atomic mass is 79.9. The Bertz CT molecular complexity index is 710. The molecule has 1 aliphatic heterocycles. The van der Waals surface area contributed by atoms with Gasteiger partial charge in [-0.05, 0) is 59.5 Å². The molecule has 2 heterocycles. The third-order valence-corrected chi connectivity index (χ3v) is 5.77. The number of hydrogen-bond donors (Lipinski definition) is 1. The lowest BCUT2D eigenvalue weighted by Gasteiger charge is -2.21. The Hall–Kier alpha value is -1.24. The molecular weight excluding hydrogens is 390 g/mol. The molecule has 1 aromatic heterocycles. The smallest absolute Gasteiger partial charge is 0.291 e. The normalized spacial score (nSPS) is 15.4. The van der Waals surface area contributed by atoms with Crippen LogP contribution in [-0.2, 0) is 10.5 Å². The number of hydrogen-bond acceptors (Lipinski definition) is 4. The van der Waals surface area contributed by atoms with Gasteiger partial charge < -0.3 is 14.5 Å². The van der Waals surface area contributed by atoms with Crippen molar-refractivity contribution in [3.05, 3.63) is 51.9 Å². The molecule has 0 atom stereocenters. The van der Waals surface area contributed by atoms with E-state index in [9.17, 15) is 4.79 Å². The first-order chi connectivity index (χ1) is 11.6. The Kier molecular flexibility index (Phi) is 6.03. The zero-order valence-corrected chi connectivity index (χ0v) is 15.9. The molecule has 2 aromatic rings. The second-order valence-corrected chi connectivity index (χ2v) is 7.91. The Morgan fingerprint density at radius 3 is 2.83 bits per heavy atom. The Balaban J connectivity index is 1.60. The minimum absolute atomic E-state index is 0.229. The summed E-state index contributed by atoms with van der Waals surface area (Å²) in [6, 6.07) is 9.78. The van der Waals surface area contributed by atoms with Gasteiger partial charge in [0, 0.05) is 35.5 Å². The van der Waals surface area contributed by atoms with Crippen LogP contribution in [0, 0.1) is 6.92 Å². The molecule has 0 radical (unpaired) electrons. The van der Waals surface area contributed by atoms with Crippen molar-refractivity contribution in [2.45, 2.75) is 30.8 Å². The summed E-state index contributed by atoms with van der Waals surface area (Å²) in [5.74, 6) is 1.05. The predicted molar refractivity (Wildman–Crippen MR) is 101 cm³/mol. The van der Waals surface area contributed by atoms with Crippen LogP contribution < -0.4 is 5.32 Å². The van der Waals surface area contributed by atoms with E-state index in [1.54, 1.807) is 6.07 Å². The lowest BCUT2D eigenvalue weighted by molar-refractivity contribution is 0.0993. The number of rotatable bonds is 5. The summed E-state index contributed by atoms with van der Waals surface area (Å²) in [5, 5.41) is 3.57. The molecule has 1 N–H and O–H groups in total. The summed E-state index contributed by atoms with van der Waals surface area (Å²) in [5.41, 5.74) is 2.81. The van der Waals surface area contributed by atoms with Crippen LogP contribution in [0.1, 0.15) is 34.5 Å². The molecule has 4 nitrogen and oxygen atoms in total. The van der Waals surface area contributed by atoms with E-state index in [1.807, 2.05) is 36.9 Å². The van der Waals surface area contributed by atoms with Crippen molar-refractivity contribution < 1.29 is 13.9 Å². The Morgan fingerprint density at radius 2 is 2.12 bits per heavy atom. The summed E-state index contributed by atoms with van der Waals surface area (Å²) < 4.78 is 11.4. The van der Waals surface area contributed by atoms with Crippen LogP contribution in [0.5, 0.6) is 0 Å². The van der Waals surface area contributed by atoms with E-state index in [-0.39, 0.29) is 5.91 Å². The van der Waals surface area contributed by atoms with Crippen LogP contribution in [0.4, 0.5) is 5.69 Å². The first-order valence-electron chi connectivity index (χ1n) is 7.97. The van der Waals surface area contributed by atoms with Gasteiger partial charge in [0.15, 0.2) is 10.4 Å². The van der Waals surface area contributed by atoms with E-state index < -0.39 is 0 Å². The van der Waals surface area contributed by atoms with Gasteiger partial charge in [-0.25, -0.2) is 0 Å². The van der Waals surface area contributed by atoms with E-state index in [2.05, 4.69) is 27.3 Å². The topological polar surface area (TPSA) is 51.5 Å². The van der Waals surface area contributed by atoms with Gasteiger partial charge in [-0.3, -0.25) is 4.79 Å². The molecule has 1 amide bonds. The number of aryl methyl sites for hydroxylation is 1. The quantitative estimate of drug-likeness (QED) is 0.753. The van der Waals surface area contributed by atoms with Gasteiger partial charge in [-0.2, -0.15) is 11.8 Å². The minimum atomic E-state index is -0.229. The fourth-order valence-electron chi connectivity index (χ4n) is 2.65. The van der Waals surface area contributed by atoms with Crippen molar-refractivity contribution in [3.63, 3.8) is 0 Å². The highest BCUT2D eigenvalue weighted by molar-refractivity contribution is 9.10. The number of anilines is 1. The maximum absolute atomic E-state index is 12.3. The number of carbonyl (C=O) groups excluding carboxylic acids is 1. The van der Waals surface area contributed by atoms with Crippen LogP contribution in [0.2, 0.25) is 0 Å². The van der Waals surface area contributed by atoms with Crippen LogP contribution in [-0.4, -0.2) is 24.4 Å². The minimum Gasteiger partial charge on any atom is -0.444 e. The van der Waals surface area contributed by atoms with Gasteiger partial charge in [0.25, 0.3) is 5.91 Å². The molecule has 0 saturated carbocycles. The molecule has 3 rings (SSSR count). The molecular formula is C18H20BrNO3S. The number of carbonyl (C=O) groups is 1. The first kappa shape index (κ1) is 17.6. The van der Waals surface area contributed by atoms with Crippen molar-refractivity contribution in [2.75, 3.05) is 18.5 Å². The largest absolute Gasteiger partial charge is 0.444 e. The van der Waals surface area contributed by atoms with E-state index in [4.69, 9.17) is 9.15 Å². The lowest BCUT2D eigenvalue weighted by Crippen LogP contribution is -2.17. The van der Waals surface area contributed by atoms with Crippen LogP contribution in [0.25, 0.3) is 0 Å². The van der Waals surface area contributed by atoms with E-state index in [0.29, 0.717) is 15.7 Å². The van der Waals surface area contributed by atoms with Gasteiger partial charge in [-0.15, -0.1) is 0 Å². The molecule has 128 valence electrons. The van der Waals surface area contributed by atoms with Crippen molar-refractivity contribution >= 4 is 39.3 Å². The number of benzene rings is 1. The molecule has 1 aromatic carbocycles. The molecule has 1 saturated heterocycles. The van der Waals surface area contributed by atoms with Crippen molar-refractivity contribution in [2.24, 2.45) is 0 Å². The number of furan rings is 1. The summed E-state index contributed by atoms with van der Waals surface area (Å²) in [6.07, 6.45) is 2.24. The number of nitrogens with one attached hydrogen (secondary N) is 1. The van der Waals surface area contributed by atoms with Crippen molar-refractivity contribution in [1.29, 1.82) is 0 Å². The van der Waals surface area contributed by atoms with Gasteiger partial charge in [0.1, 0.15) is 0 Å². The summed E-state index contributed by atoms with van der Waals surface area (Å²) in [7, 11) is 0. The third-order valence-electron chi connectivity index (χ3n) is 3.93. The molecule has 0 bridgehead atoms. The third kappa shape index (κ3) is 4.65. The number of halogens is 1. The maximum Gasteiger partial charge on any atom is 0.291 e. The Labute approximate surface area is 154 Å². The molecule has 0 unspecified atom stereocenters. The summed E-state index contributed by atoms with van der Waals surface area (Å²) >= 11 is 5.21. The Morgan fingerprint density at radius 1 is 1.33 bits per heavy atom. The highest BCUT2D eigenvalue weighted by Gasteiger charge is 2.16. The van der Waals surface area contributed by atoms with E-state index >= 15 is 0 Å². The highest BCUT2D eigenvalue weighted by Crippen LogP contribution is 2.27. The molecule has 0 aliphatic carbocycles. The standard InChI is InChI=1S/C18H20BrNO3S/c1-12-9-16(19)23-17(12)18(21)20-14-4-2-3-13(10-14)11-24-15-5-7-22-8-6-15/h2-4,9-10,15H,5-8,11H2,1H3,(H,20,21).